The zero-order chi connectivity index (χ0) is 12.3. The SMILES string of the molecule is CC(C)Oc1c(O)cccc1NS(C)(=O)=O. The third kappa shape index (κ3) is 3.62. The smallest absolute Gasteiger partial charge is 0.229 e. The summed E-state index contributed by atoms with van der Waals surface area (Å²) in [6.45, 7) is 3.58. The molecule has 1 rings (SSSR count). The maximum atomic E-state index is 11.1. The van der Waals surface area contributed by atoms with Gasteiger partial charge in [-0.25, -0.2) is 8.42 Å². The molecule has 0 atom stereocenters. The van der Waals surface area contributed by atoms with Gasteiger partial charge < -0.3 is 9.84 Å². The maximum Gasteiger partial charge on any atom is 0.229 e. The second-order valence-electron chi connectivity index (χ2n) is 3.69. The van der Waals surface area contributed by atoms with Crippen LogP contribution in [-0.4, -0.2) is 25.9 Å². The minimum atomic E-state index is -3.39. The number of rotatable bonds is 4. The predicted octanol–water partition coefficient (Wildman–Crippen LogP) is 1.55. The van der Waals surface area contributed by atoms with E-state index in [-0.39, 0.29) is 23.3 Å². The molecule has 0 heterocycles. The summed E-state index contributed by atoms with van der Waals surface area (Å²) in [7, 11) is -3.39. The first-order chi connectivity index (χ1) is 7.29. The van der Waals surface area contributed by atoms with Crippen LogP contribution in [0.15, 0.2) is 18.2 Å². The molecule has 0 aromatic heterocycles. The van der Waals surface area contributed by atoms with Gasteiger partial charge in [0.05, 0.1) is 18.0 Å². The van der Waals surface area contributed by atoms with Crippen molar-refractivity contribution in [3.8, 4) is 11.5 Å². The average Bonchev–Trinajstić information content (AvgIpc) is 2.08. The van der Waals surface area contributed by atoms with Crippen LogP contribution in [0.1, 0.15) is 13.8 Å². The summed E-state index contributed by atoms with van der Waals surface area (Å²) in [4.78, 5) is 0. The van der Waals surface area contributed by atoms with E-state index in [9.17, 15) is 13.5 Å². The van der Waals surface area contributed by atoms with Crippen molar-refractivity contribution in [3.05, 3.63) is 18.2 Å². The van der Waals surface area contributed by atoms with Crippen LogP contribution < -0.4 is 9.46 Å². The topological polar surface area (TPSA) is 75.6 Å². The zero-order valence-corrected chi connectivity index (χ0v) is 10.2. The Balaban J connectivity index is 3.12. The predicted molar refractivity (Wildman–Crippen MR) is 62.3 cm³/mol. The highest BCUT2D eigenvalue weighted by atomic mass is 32.2. The highest BCUT2D eigenvalue weighted by Gasteiger charge is 2.13. The van der Waals surface area contributed by atoms with Crippen molar-refractivity contribution in [2.24, 2.45) is 0 Å². The van der Waals surface area contributed by atoms with Crippen molar-refractivity contribution in [2.45, 2.75) is 20.0 Å². The fraction of sp³-hybridized carbons (Fsp3) is 0.400. The molecule has 1 aromatic rings. The lowest BCUT2D eigenvalue weighted by Crippen LogP contribution is -2.13. The largest absolute Gasteiger partial charge is 0.504 e. The lowest BCUT2D eigenvalue weighted by molar-refractivity contribution is 0.233. The van der Waals surface area contributed by atoms with Crippen molar-refractivity contribution in [3.63, 3.8) is 0 Å². The van der Waals surface area contributed by atoms with E-state index in [1.165, 1.54) is 18.2 Å². The van der Waals surface area contributed by atoms with Crippen LogP contribution in [0.3, 0.4) is 0 Å². The molecule has 6 heteroatoms. The van der Waals surface area contributed by atoms with Crippen LogP contribution in [0.4, 0.5) is 5.69 Å². The molecule has 0 amide bonds. The molecule has 0 saturated heterocycles. The number of sulfonamides is 1. The lowest BCUT2D eigenvalue weighted by atomic mass is 10.2. The molecule has 0 saturated carbocycles. The summed E-state index contributed by atoms with van der Waals surface area (Å²) < 4.78 is 29.8. The number of anilines is 1. The van der Waals surface area contributed by atoms with Crippen molar-refractivity contribution in [1.29, 1.82) is 0 Å². The number of ether oxygens (including phenoxy) is 1. The van der Waals surface area contributed by atoms with E-state index in [2.05, 4.69) is 4.72 Å². The van der Waals surface area contributed by atoms with Gasteiger partial charge in [0, 0.05) is 0 Å². The van der Waals surface area contributed by atoms with E-state index in [1.54, 1.807) is 13.8 Å². The van der Waals surface area contributed by atoms with E-state index in [1.807, 2.05) is 0 Å². The van der Waals surface area contributed by atoms with Crippen molar-refractivity contribution in [1.82, 2.24) is 0 Å². The number of phenols is 1. The van der Waals surface area contributed by atoms with Crippen LogP contribution in [0.5, 0.6) is 11.5 Å². The number of phenolic OH excluding ortho intramolecular Hbond substituents is 1. The monoisotopic (exact) mass is 245 g/mol. The Bertz CT molecular complexity index is 468. The van der Waals surface area contributed by atoms with Gasteiger partial charge in [-0.2, -0.15) is 0 Å². The fourth-order valence-corrected chi connectivity index (χ4v) is 1.72. The number of hydrogen-bond donors (Lipinski definition) is 2. The van der Waals surface area contributed by atoms with Gasteiger partial charge in [0.25, 0.3) is 0 Å². The normalized spacial score (nSPS) is 11.5. The molecule has 0 aliphatic carbocycles. The number of hydrogen-bond acceptors (Lipinski definition) is 4. The first-order valence-corrected chi connectivity index (χ1v) is 6.65. The molecule has 2 N–H and O–H groups in total. The summed E-state index contributed by atoms with van der Waals surface area (Å²) in [5.41, 5.74) is 0.233. The van der Waals surface area contributed by atoms with Crippen molar-refractivity contribution < 1.29 is 18.3 Å². The number of aromatic hydroxyl groups is 1. The molecule has 5 nitrogen and oxygen atoms in total. The second kappa shape index (κ2) is 4.61. The number of para-hydroxylation sites is 1. The summed E-state index contributed by atoms with van der Waals surface area (Å²) in [5.74, 6) is 0.0466. The maximum absolute atomic E-state index is 11.1. The van der Waals surface area contributed by atoms with Gasteiger partial charge in [0.1, 0.15) is 0 Å². The van der Waals surface area contributed by atoms with E-state index in [0.29, 0.717) is 0 Å². The Morgan fingerprint density at radius 1 is 1.38 bits per heavy atom. The molecule has 0 aliphatic heterocycles. The van der Waals surface area contributed by atoms with E-state index >= 15 is 0 Å². The zero-order valence-electron chi connectivity index (χ0n) is 9.39. The summed E-state index contributed by atoms with van der Waals surface area (Å²) >= 11 is 0. The number of nitrogens with one attached hydrogen (secondary N) is 1. The molecule has 0 bridgehead atoms. The first-order valence-electron chi connectivity index (χ1n) is 4.76. The van der Waals surface area contributed by atoms with Crippen LogP contribution in [-0.2, 0) is 10.0 Å². The van der Waals surface area contributed by atoms with Crippen LogP contribution in [0, 0.1) is 0 Å². The molecule has 0 unspecified atom stereocenters. The Hall–Kier alpha value is -1.43. The highest BCUT2D eigenvalue weighted by Crippen LogP contribution is 2.35. The summed E-state index contributed by atoms with van der Waals surface area (Å²) in [6, 6.07) is 4.50. The number of benzene rings is 1. The van der Waals surface area contributed by atoms with Crippen LogP contribution >= 0.6 is 0 Å². The second-order valence-corrected chi connectivity index (χ2v) is 5.44. The third-order valence-corrected chi connectivity index (χ3v) is 2.23. The minimum Gasteiger partial charge on any atom is -0.504 e. The molecule has 0 radical (unpaired) electrons. The van der Waals surface area contributed by atoms with E-state index in [4.69, 9.17) is 4.74 Å². The first kappa shape index (κ1) is 12.6. The van der Waals surface area contributed by atoms with Crippen molar-refractivity contribution in [2.75, 3.05) is 11.0 Å². The Morgan fingerprint density at radius 3 is 2.50 bits per heavy atom. The van der Waals surface area contributed by atoms with Gasteiger partial charge in [-0.05, 0) is 26.0 Å². The van der Waals surface area contributed by atoms with Crippen LogP contribution in [0.25, 0.3) is 0 Å². The molecular formula is C10H15NO4S. The fourth-order valence-electron chi connectivity index (χ4n) is 1.16. The molecule has 90 valence electrons. The standard InChI is InChI=1S/C10H15NO4S/c1-7(2)15-10-8(11-16(3,13)14)5-4-6-9(10)12/h4-7,11-12H,1-3H3. The van der Waals surface area contributed by atoms with Gasteiger partial charge in [0.15, 0.2) is 11.5 Å². The Kier molecular flexibility index (Phi) is 3.64. The van der Waals surface area contributed by atoms with Gasteiger partial charge >= 0.3 is 0 Å². The highest BCUT2D eigenvalue weighted by molar-refractivity contribution is 7.92. The van der Waals surface area contributed by atoms with E-state index < -0.39 is 10.0 Å². The molecule has 1 aromatic carbocycles. The Morgan fingerprint density at radius 2 is 2.00 bits per heavy atom. The molecular weight excluding hydrogens is 230 g/mol. The minimum absolute atomic E-state index is 0.0950. The van der Waals surface area contributed by atoms with Crippen LogP contribution in [0.2, 0.25) is 0 Å². The molecule has 0 spiro atoms. The van der Waals surface area contributed by atoms with Crippen molar-refractivity contribution >= 4 is 15.7 Å². The van der Waals surface area contributed by atoms with Gasteiger partial charge in [-0.15, -0.1) is 0 Å². The molecule has 16 heavy (non-hydrogen) atoms. The summed E-state index contributed by atoms with van der Waals surface area (Å²) in [5, 5.41) is 9.58. The quantitative estimate of drug-likeness (QED) is 0.844. The summed E-state index contributed by atoms with van der Waals surface area (Å²) in [6.07, 6.45) is 0.879. The average molecular weight is 245 g/mol. The lowest BCUT2D eigenvalue weighted by Gasteiger charge is -2.15. The third-order valence-electron chi connectivity index (χ3n) is 1.64. The molecule has 0 aliphatic rings. The molecule has 0 fully saturated rings. The van der Waals surface area contributed by atoms with Gasteiger partial charge in [-0.1, -0.05) is 6.07 Å². The van der Waals surface area contributed by atoms with Gasteiger partial charge in [0.2, 0.25) is 10.0 Å². The van der Waals surface area contributed by atoms with E-state index in [0.717, 1.165) is 6.26 Å². The Labute approximate surface area is 95.1 Å². The van der Waals surface area contributed by atoms with Gasteiger partial charge in [-0.3, -0.25) is 4.72 Å².